The van der Waals surface area contributed by atoms with Crippen LogP contribution in [0.5, 0.6) is 5.75 Å². The molecule has 7 heteroatoms. The molecule has 0 saturated heterocycles. The van der Waals surface area contributed by atoms with E-state index in [1.165, 1.54) is 5.57 Å². The van der Waals surface area contributed by atoms with Crippen LogP contribution in [0.25, 0.3) is 0 Å². The van der Waals surface area contributed by atoms with Gasteiger partial charge in [0.2, 0.25) is 0 Å². The minimum absolute atomic E-state index is 0.0417. The highest BCUT2D eigenvalue weighted by Crippen LogP contribution is 2.36. The lowest BCUT2D eigenvalue weighted by Crippen LogP contribution is -2.36. The van der Waals surface area contributed by atoms with Gasteiger partial charge in [-0.25, -0.2) is 0 Å². The first-order valence-electron chi connectivity index (χ1n) is 10.2. The van der Waals surface area contributed by atoms with E-state index in [1.807, 2.05) is 31.3 Å². The molecule has 0 aliphatic carbocycles. The van der Waals surface area contributed by atoms with Gasteiger partial charge in [0.15, 0.2) is 0 Å². The third-order valence-electron chi connectivity index (χ3n) is 5.02. The number of carbonyl (C=O) groups is 1. The molecule has 1 amide bonds. The average molecular weight is 402 g/mol. The lowest BCUT2D eigenvalue weighted by atomic mass is 10.1. The van der Waals surface area contributed by atoms with Crippen LogP contribution in [-0.2, 0) is 14.3 Å². The van der Waals surface area contributed by atoms with Crippen LogP contribution in [-0.4, -0.2) is 59.1 Å². The van der Waals surface area contributed by atoms with Crippen LogP contribution < -0.4 is 19.9 Å². The van der Waals surface area contributed by atoms with Crippen molar-refractivity contribution in [3.05, 3.63) is 42.2 Å². The molecule has 0 radical (unpaired) electrons. The van der Waals surface area contributed by atoms with E-state index in [1.54, 1.807) is 12.0 Å². The van der Waals surface area contributed by atoms with Crippen LogP contribution in [0.1, 0.15) is 19.8 Å². The summed E-state index contributed by atoms with van der Waals surface area (Å²) >= 11 is 0. The number of hydrogen-bond acceptors (Lipinski definition) is 6. The summed E-state index contributed by atoms with van der Waals surface area (Å²) in [6.07, 6.45) is 8.29. The van der Waals surface area contributed by atoms with E-state index in [9.17, 15) is 4.79 Å². The standard InChI is InChI=1S/C22H31N3O4/c1-3-25(22(26)17-28-13-12-27-2)19-7-8-21-20(14-19)24(10-11-29-21)16-18-6-4-5-9-23-15-18/h5,7-9,14-15,23H,3-4,6,10-13,16-17H2,1-2H3. The second kappa shape index (κ2) is 10.9. The van der Waals surface area contributed by atoms with Crippen LogP contribution in [0.2, 0.25) is 0 Å². The lowest BCUT2D eigenvalue weighted by Gasteiger charge is -2.33. The zero-order chi connectivity index (χ0) is 20.5. The third-order valence-corrected chi connectivity index (χ3v) is 5.02. The molecule has 158 valence electrons. The van der Waals surface area contributed by atoms with E-state index in [0.29, 0.717) is 26.4 Å². The summed E-state index contributed by atoms with van der Waals surface area (Å²) in [7, 11) is 1.61. The molecule has 1 N–H and O–H groups in total. The zero-order valence-electron chi connectivity index (χ0n) is 17.4. The predicted molar refractivity (Wildman–Crippen MR) is 114 cm³/mol. The highest BCUT2D eigenvalue weighted by Gasteiger charge is 2.22. The van der Waals surface area contributed by atoms with Gasteiger partial charge in [-0.1, -0.05) is 6.08 Å². The number of rotatable bonds is 9. The first kappa shape index (κ1) is 21.2. The third kappa shape index (κ3) is 5.74. The van der Waals surface area contributed by atoms with E-state index < -0.39 is 0 Å². The van der Waals surface area contributed by atoms with E-state index in [2.05, 4.69) is 22.5 Å². The summed E-state index contributed by atoms with van der Waals surface area (Å²) in [4.78, 5) is 16.7. The number of ether oxygens (including phenoxy) is 3. The van der Waals surface area contributed by atoms with E-state index in [4.69, 9.17) is 14.2 Å². The molecule has 1 aromatic carbocycles. The fourth-order valence-corrected chi connectivity index (χ4v) is 3.50. The van der Waals surface area contributed by atoms with Gasteiger partial charge >= 0.3 is 0 Å². The molecule has 0 spiro atoms. The van der Waals surface area contributed by atoms with Crippen LogP contribution in [0.3, 0.4) is 0 Å². The minimum Gasteiger partial charge on any atom is -0.490 e. The van der Waals surface area contributed by atoms with Crippen molar-refractivity contribution in [2.45, 2.75) is 19.8 Å². The van der Waals surface area contributed by atoms with Crippen molar-refractivity contribution >= 4 is 17.3 Å². The summed E-state index contributed by atoms with van der Waals surface area (Å²) in [5.41, 5.74) is 3.23. The van der Waals surface area contributed by atoms with E-state index in [0.717, 1.165) is 43.1 Å². The maximum atomic E-state index is 12.6. The van der Waals surface area contributed by atoms with Crippen LogP contribution in [0.4, 0.5) is 11.4 Å². The molecule has 3 rings (SSSR count). The second-order valence-corrected chi connectivity index (χ2v) is 7.02. The van der Waals surface area contributed by atoms with E-state index in [-0.39, 0.29) is 12.5 Å². The van der Waals surface area contributed by atoms with Gasteiger partial charge in [-0.15, -0.1) is 0 Å². The zero-order valence-corrected chi connectivity index (χ0v) is 17.4. The van der Waals surface area contributed by atoms with Crippen molar-refractivity contribution in [1.29, 1.82) is 0 Å². The van der Waals surface area contributed by atoms with Crippen molar-refractivity contribution in [3.8, 4) is 5.75 Å². The second-order valence-electron chi connectivity index (χ2n) is 7.02. The molecule has 2 aliphatic rings. The number of benzene rings is 1. The van der Waals surface area contributed by atoms with Gasteiger partial charge in [0.25, 0.3) is 5.91 Å². The number of nitrogens with one attached hydrogen (secondary N) is 1. The molecule has 0 fully saturated rings. The number of likely N-dealkylation sites (N-methyl/N-ethyl adjacent to an activating group) is 1. The first-order valence-corrected chi connectivity index (χ1v) is 10.2. The number of nitrogens with zero attached hydrogens (tertiary/aromatic N) is 2. The Bertz CT molecular complexity index is 748. The van der Waals surface area contributed by atoms with E-state index >= 15 is 0 Å². The smallest absolute Gasteiger partial charge is 0.252 e. The quantitative estimate of drug-likeness (QED) is 0.642. The Kier molecular flexibility index (Phi) is 7.95. The fraction of sp³-hybridized carbons (Fsp3) is 0.500. The van der Waals surface area contributed by atoms with Gasteiger partial charge in [-0.05, 0) is 49.7 Å². The number of amides is 1. The monoisotopic (exact) mass is 401 g/mol. The van der Waals surface area contributed by atoms with Gasteiger partial charge in [-0.3, -0.25) is 4.79 Å². The molecule has 0 aromatic heterocycles. The fourth-order valence-electron chi connectivity index (χ4n) is 3.50. The molecule has 0 atom stereocenters. The summed E-state index contributed by atoms with van der Waals surface area (Å²) in [6, 6.07) is 5.95. The predicted octanol–water partition coefficient (Wildman–Crippen LogP) is 2.68. The Morgan fingerprint density at radius 2 is 2.24 bits per heavy atom. The number of carbonyl (C=O) groups excluding carboxylic acids is 1. The summed E-state index contributed by atoms with van der Waals surface area (Å²) in [6.45, 7) is 5.79. The van der Waals surface area contributed by atoms with Crippen LogP contribution in [0, 0.1) is 0 Å². The van der Waals surface area contributed by atoms with Crippen molar-refractivity contribution < 1.29 is 19.0 Å². The highest BCUT2D eigenvalue weighted by atomic mass is 16.5. The minimum atomic E-state index is -0.0615. The summed E-state index contributed by atoms with van der Waals surface area (Å²) in [5, 5.41) is 3.22. The normalized spacial score (nSPS) is 15.7. The molecule has 0 saturated carbocycles. The number of methoxy groups -OCH3 is 1. The number of fused-ring (bicyclic) bond motifs is 1. The molecule has 29 heavy (non-hydrogen) atoms. The van der Waals surface area contributed by atoms with Crippen LogP contribution >= 0.6 is 0 Å². The van der Waals surface area contributed by atoms with Crippen molar-refractivity contribution in [1.82, 2.24) is 5.32 Å². The molecule has 1 aromatic rings. The maximum Gasteiger partial charge on any atom is 0.252 e. The van der Waals surface area contributed by atoms with Crippen LogP contribution in [0.15, 0.2) is 42.2 Å². The Balaban J connectivity index is 1.73. The molecular formula is C22H31N3O4. The summed E-state index contributed by atoms with van der Waals surface area (Å²) in [5.74, 6) is 0.800. The Hall–Kier alpha value is -2.51. The highest BCUT2D eigenvalue weighted by molar-refractivity contribution is 5.95. The van der Waals surface area contributed by atoms with Crippen molar-refractivity contribution in [2.75, 3.05) is 63.0 Å². The SMILES string of the molecule is CCN(C(=O)COCCOC)c1ccc2c(c1)N(CC1=CNC=CCC1)CCO2. The first-order chi connectivity index (χ1) is 14.2. The molecule has 0 unspecified atom stereocenters. The number of anilines is 2. The number of hydrogen-bond donors (Lipinski definition) is 1. The molecule has 2 heterocycles. The van der Waals surface area contributed by atoms with Gasteiger partial charge in [0.05, 0.1) is 25.4 Å². The Labute approximate surface area is 172 Å². The Morgan fingerprint density at radius 3 is 3.07 bits per heavy atom. The topological polar surface area (TPSA) is 63.3 Å². The molecule has 0 bridgehead atoms. The van der Waals surface area contributed by atoms with Gasteiger partial charge in [-0.2, -0.15) is 0 Å². The van der Waals surface area contributed by atoms with Gasteiger partial charge in [0.1, 0.15) is 19.0 Å². The maximum absolute atomic E-state index is 12.6. The van der Waals surface area contributed by atoms with Crippen molar-refractivity contribution in [3.63, 3.8) is 0 Å². The molecule has 2 aliphatic heterocycles. The summed E-state index contributed by atoms with van der Waals surface area (Å²) < 4.78 is 16.2. The molecular weight excluding hydrogens is 370 g/mol. The van der Waals surface area contributed by atoms with Gasteiger partial charge < -0.3 is 29.3 Å². The Morgan fingerprint density at radius 1 is 1.34 bits per heavy atom. The molecule has 7 nitrogen and oxygen atoms in total. The average Bonchev–Trinajstić information content (AvgIpc) is 3.01. The largest absolute Gasteiger partial charge is 0.490 e. The van der Waals surface area contributed by atoms with Crippen molar-refractivity contribution in [2.24, 2.45) is 0 Å². The lowest BCUT2D eigenvalue weighted by molar-refractivity contribution is -0.123. The van der Waals surface area contributed by atoms with Gasteiger partial charge in [0, 0.05) is 32.1 Å². The number of allylic oxidation sites excluding steroid dienone is 1.